The molecule has 0 spiro atoms. The van der Waals surface area contributed by atoms with Crippen molar-refractivity contribution in [3.63, 3.8) is 0 Å². The van der Waals surface area contributed by atoms with Gasteiger partial charge in [-0.15, -0.1) is 0 Å². The van der Waals surface area contributed by atoms with E-state index in [0.717, 1.165) is 0 Å². The van der Waals surface area contributed by atoms with Crippen LogP contribution in [0.3, 0.4) is 0 Å². The second-order valence-corrected chi connectivity index (χ2v) is 5.32. The maximum atomic E-state index is 10.3. The molecule has 0 saturated carbocycles. The van der Waals surface area contributed by atoms with Crippen molar-refractivity contribution >= 4 is 26.5 Å². The van der Waals surface area contributed by atoms with Gasteiger partial charge in [-0.3, -0.25) is 13.9 Å². The minimum Gasteiger partial charge on any atom is -0.299 e. The Bertz CT molecular complexity index is 391. The SMILES string of the molecule is O=CC=C(CS(=O)(=O)O)CS(=O)(=O)O. The minimum absolute atomic E-state index is 0.158. The van der Waals surface area contributed by atoms with Crippen LogP contribution in [-0.2, 0) is 25.0 Å². The van der Waals surface area contributed by atoms with Crippen molar-refractivity contribution in [1.82, 2.24) is 0 Å². The number of allylic oxidation sites excluding steroid dienone is 1. The fourth-order valence-corrected chi connectivity index (χ4v) is 2.17. The molecule has 0 atom stereocenters. The quantitative estimate of drug-likeness (QED) is 0.356. The van der Waals surface area contributed by atoms with Crippen LogP contribution in [0, 0.1) is 0 Å². The summed E-state index contributed by atoms with van der Waals surface area (Å²) in [7, 11) is -8.84. The highest BCUT2D eigenvalue weighted by atomic mass is 32.2. The number of carbonyl (C=O) groups is 1. The zero-order valence-electron chi connectivity index (χ0n) is 6.82. The number of hydrogen-bond acceptors (Lipinski definition) is 5. The van der Waals surface area contributed by atoms with Crippen LogP contribution in [0.2, 0.25) is 0 Å². The average Bonchev–Trinajstić information content (AvgIpc) is 1.78. The summed E-state index contributed by atoms with van der Waals surface area (Å²) in [6.07, 6.45) is 0.813. The third-order valence-corrected chi connectivity index (χ3v) is 2.51. The van der Waals surface area contributed by atoms with Gasteiger partial charge in [-0.25, -0.2) is 0 Å². The van der Waals surface area contributed by atoms with Crippen LogP contribution in [0.15, 0.2) is 11.6 Å². The fourth-order valence-electron chi connectivity index (χ4n) is 0.703. The molecule has 0 saturated heterocycles. The molecule has 0 fully saturated rings. The normalized spacial score (nSPS) is 12.1. The first kappa shape index (κ1) is 13.2. The number of rotatable bonds is 5. The van der Waals surface area contributed by atoms with Crippen LogP contribution in [0.1, 0.15) is 0 Å². The number of hydrogen-bond donors (Lipinski definition) is 2. The van der Waals surface area contributed by atoms with Crippen LogP contribution in [0.5, 0.6) is 0 Å². The Kier molecular flexibility index (Phi) is 4.39. The number of aldehydes is 1. The van der Waals surface area contributed by atoms with Crippen molar-refractivity contribution in [3.05, 3.63) is 11.6 Å². The van der Waals surface area contributed by atoms with Crippen LogP contribution in [0.25, 0.3) is 0 Å². The third-order valence-electron chi connectivity index (χ3n) is 1.04. The van der Waals surface area contributed by atoms with Gasteiger partial charge in [0.15, 0.2) is 0 Å². The van der Waals surface area contributed by atoms with E-state index in [4.69, 9.17) is 9.11 Å². The van der Waals surface area contributed by atoms with E-state index < -0.39 is 37.3 Å². The van der Waals surface area contributed by atoms with E-state index in [1.807, 2.05) is 0 Å². The Morgan fingerprint density at radius 1 is 1.00 bits per heavy atom. The highest BCUT2D eigenvalue weighted by Crippen LogP contribution is 2.02. The summed E-state index contributed by atoms with van der Waals surface area (Å²) in [6, 6.07) is 0. The molecule has 0 aliphatic heterocycles. The van der Waals surface area contributed by atoms with Crippen LogP contribution < -0.4 is 0 Å². The zero-order chi connectivity index (χ0) is 11.4. The molecule has 9 heteroatoms. The van der Waals surface area contributed by atoms with Gasteiger partial charge in [0.1, 0.15) is 6.29 Å². The second kappa shape index (κ2) is 4.64. The molecule has 82 valence electrons. The van der Waals surface area contributed by atoms with Crippen molar-refractivity contribution in [3.8, 4) is 0 Å². The maximum Gasteiger partial charge on any atom is 0.268 e. The summed E-state index contributed by atoms with van der Waals surface area (Å²) in [5.41, 5.74) is -0.412. The molecular formula is C5H8O7S2. The van der Waals surface area contributed by atoms with Crippen molar-refractivity contribution in [2.75, 3.05) is 11.5 Å². The Hall–Kier alpha value is -0.770. The molecule has 2 N–H and O–H groups in total. The van der Waals surface area contributed by atoms with E-state index in [2.05, 4.69) is 0 Å². The summed E-state index contributed by atoms with van der Waals surface area (Å²) in [4.78, 5) is 9.96. The monoisotopic (exact) mass is 244 g/mol. The topological polar surface area (TPSA) is 126 Å². The summed E-state index contributed by atoms with van der Waals surface area (Å²) in [5.74, 6) is -2.02. The van der Waals surface area contributed by atoms with E-state index in [9.17, 15) is 21.6 Å². The van der Waals surface area contributed by atoms with Crippen molar-refractivity contribution in [2.45, 2.75) is 0 Å². The first-order chi connectivity index (χ1) is 6.14. The summed E-state index contributed by atoms with van der Waals surface area (Å²) in [5, 5.41) is 0. The molecule has 0 rings (SSSR count). The van der Waals surface area contributed by atoms with Gasteiger partial charge in [0.05, 0.1) is 11.5 Å². The van der Waals surface area contributed by atoms with Crippen molar-refractivity contribution in [1.29, 1.82) is 0 Å². The summed E-state index contributed by atoms with van der Waals surface area (Å²) < 4.78 is 58.0. The average molecular weight is 244 g/mol. The standard InChI is InChI=1S/C5H8O7S2/c6-2-1-5(3-13(7,8)9)4-14(10,11)12/h1-2H,3-4H2,(H,7,8,9)(H,10,11,12). The Morgan fingerprint density at radius 2 is 1.36 bits per heavy atom. The highest BCUT2D eigenvalue weighted by Gasteiger charge is 2.15. The molecule has 0 heterocycles. The van der Waals surface area contributed by atoms with Gasteiger partial charge < -0.3 is 0 Å². The zero-order valence-corrected chi connectivity index (χ0v) is 8.45. The molecule has 14 heavy (non-hydrogen) atoms. The molecule has 7 nitrogen and oxygen atoms in total. The third kappa shape index (κ3) is 7.86. The van der Waals surface area contributed by atoms with E-state index in [1.165, 1.54) is 0 Å². The lowest BCUT2D eigenvalue weighted by molar-refractivity contribution is -0.104. The first-order valence-corrected chi connectivity index (χ1v) is 6.39. The Morgan fingerprint density at radius 3 is 1.57 bits per heavy atom. The molecule has 0 bridgehead atoms. The maximum absolute atomic E-state index is 10.3. The summed E-state index contributed by atoms with van der Waals surface area (Å²) >= 11 is 0. The van der Waals surface area contributed by atoms with Crippen LogP contribution in [0.4, 0.5) is 0 Å². The highest BCUT2D eigenvalue weighted by molar-refractivity contribution is 7.87. The molecule has 0 aromatic carbocycles. The van der Waals surface area contributed by atoms with Gasteiger partial charge in [-0.2, -0.15) is 16.8 Å². The molecule has 0 aromatic rings. The lowest BCUT2D eigenvalue weighted by Gasteiger charge is -2.00. The Labute approximate surface area is 80.9 Å². The minimum atomic E-state index is -4.42. The predicted molar refractivity (Wildman–Crippen MR) is 47.0 cm³/mol. The predicted octanol–water partition coefficient (Wildman–Crippen LogP) is -1.11. The van der Waals surface area contributed by atoms with Gasteiger partial charge in [0, 0.05) is 0 Å². The van der Waals surface area contributed by atoms with Gasteiger partial charge in [-0.1, -0.05) is 0 Å². The lowest BCUT2D eigenvalue weighted by atomic mass is 10.3. The van der Waals surface area contributed by atoms with Crippen LogP contribution >= 0.6 is 0 Å². The van der Waals surface area contributed by atoms with Crippen molar-refractivity contribution < 1.29 is 30.7 Å². The number of carbonyl (C=O) groups excluding carboxylic acids is 1. The van der Waals surface area contributed by atoms with Gasteiger partial charge in [-0.05, 0) is 11.6 Å². The largest absolute Gasteiger partial charge is 0.299 e. The van der Waals surface area contributed by atoms with E-state index in [0.29, 0.717) is 6.08 Å². The Balaban J connectivity index is 4.83. The molecular weight excluding hydrogens is 236 g/mol. The van der Waals surface area contributed by atoms with Gasteiger partial charge >= 0.3 is 0 Å². The molecule has 0 unspecified atom stereocenters. The second-order valence-electron chi connectivity index (χ2n) is 2.41. The molecule has 0 aromatic heterocycles. The van der Waals surface area contributed by atoms with E-state index in [-0.39, 0.29) is 6.29 Å². The smallest absolute Gasteiger partial charge is 0.268 e. The summed E-state index contributed by atoms with van der Waals surface area (Å²) in [6.45, 7) is 0. The van der Waals surface area contributed by atoms with E-state index >= 15 is 0 Å². The molecule has 0 radical (unpaired) electrons. The molecule has 0 amide bonds. The van der Waals surface area contributed by atoms with E-state index in [1.54, 1.807) is 0 Å². The van der Waals surface area contributed by atoms with Crippen LogP contribution in [-0.4, -0.2) is 43.7 Å². The first-order valence-electron chi connectivity index (χ1n) is 3.17. The van der Waals surface area contributed by atoms with Gasteiger partial charge in [0.25, 0.3) is 20.2 Å². The molecule has 0 aliphatic carbocycles. The van der Waals surface area contributed by atoms with Gasteiger partial charge in [0.2, 0.25) is 0 Å². The lowest BCUT2D eigenvalue weighted by Crippen LogP contribution is -2.15. The fraction of sp³-hybridized carbons (Fsp3) is 0.400. The molecule has 0 aliphatic rings. The van der Waals surface area contributed by atoms with Crippen molar-refractivity contribution in [2.24, 2.45) is 0 Å².